The smallest absolute Gasteiger partial charge is 0.0700 e. The summed E-state index contributed by atoms with van der Waals surface area (Å²) in [7, 11) is 5.81. The lowest BCUT2D eigenvalue weighted by molar-refractivity contribution is 0.0520. The molecule has 0 bridgehead atoms. The predicted molar refractivity (Wildman–Crippen MR) is 67.2 cm³/mol. The highest BCUT2D eigenvalue weighted by Crippen LogP contribution is 2.17. The van der Waals surface area contributed by atoms with Gasteiger partial charge in [0.15, 0.2) is 0 Å². The molecule has 2 atom stereocenters. The van der Waals surface area contributed by atoms with E-state index >= 15 is 0 Å². The molecular weight excluding hydrogens is 220 g/mol. The minimum Gasteiger partial charge on any atom is -0.392 e. The number of hydrogen-bond donors (Lipinski definition) is 1. The summed E-state index contributed by atoms with van der Waals surface area (Å²) in [5.41, 5.74) is 0. The van der Waals surface area contributed by atoms with Crippen LogP contribution in [0.3, 0.4) is 0 Å². The molecule has 2 unspecified atom stereocenters. The third-order valence-electron chi connectivity index (χ3n) is 3.04. The van der Waals surface area contributed by atoms with Gasteiger partial charge in [-0.25, -0.2) is 0 Å². The number of aliphatic hydroxyl groups excluding tert-OH is 1. The van der Waals surface area contributed by atoms with Gasteiger partial charge in [-0.2, -0.15) is 0 Å². The topological polar surface area (TPSA) is 45.2 Å². The van der Waals surface area contributed by atoms with Crippen molar-refractivity contribution in [1.29, 1.82) is 0 Å². The van der Waals surface area contributed by atoms with Gasteiger partial charge in [0.25, 0.3) is 0 Å². The zero-order valence-corrected chi connectivity index (χ0v) is 11.3. The highest BCUT2D eigenvalue weighted by atomic mass is 16.5. The Morgan fingerprint density at radius 3 is 2.71 bits per heavy atom. The molecule has 5 nitrogen and oxygen atoms in total. The van der Waals surface area contributed by atoms with Gasteiger partial charge in [-0.1, -0.05) is 0 Å². The van der Waals surface area contributed by atoms with Crippen LogP contribution in [0.25, 0.3) is 0 Å². The number of likely N-dealkylation sites (N-methyl/N-ethyl adjacent to an activating group) is 1. The minimum absolute atomic E-state index is 0.182. The van der Waals surface area contributed by atoms with Crippen molar-refractivity contribution < 1.29 is 14.6 Å². The molecule has 1 fully saturated rings. The van der Waals surface area contributed by atoms with Crippen LogP contribution in [0.5, 0.6) is 0 Å². The molecule has 1 aliphatic rings. The summed E-state index contributed by atoms with van der Waals surface area (Å²) in [5.74, 6) is 0. The first-order valence-corrected chi connectivity index (χ1v) is 6.27. The van der Waals surface area contributed by atoms with Crippen molar-refractivity contribution in [2.24, 2.45) is 0 Å². The average molecular weight is 246 g/mol. The highest BCUT2D eigenvalue weighted by molar-refractivity contribution is 4.86. The third kappa shape index (κ3) is 5.79. The van der Waals surface area contributed by atoms with Gasteiger partial charge in [0.05, 0.1) is 25.9 Å². The average Bonchev–Trinajstić information content (AvgIpc) is 2.58. The van der Waals surface area contributed by atoms with Crippen molar-refractivity contribution in [3.05, 3.63) is 0 Å². The van der Waals surface area contributed by atoms with E-state index in [-0.39, 0.29) is 6.10 Å². The lowest BCUT2D eigenvalue weighted by Crippen LogP contribution is -2.39. The zero-order valence-electron chi connectivity index (χ0n) is 11.3. The number of ether oxygens (including phenoxy) is 2. The summed E-state index contributed by atoms with van der Waals surface area (Å²) in [6.07, 6.45) is 0.690. The number of nitrogens with zero attached hydrogens (tertiary/aromatic N) is 2. The summed E-state index contributed by atoms with van der Waals surface area (Å²) in [6.45, 7) is 4.65. The van der Waals surface area contributed by atoms with Crippen molar-refractivity contribution in [1.82, 2.24) is 9.80 Å². The summed E-state index contributed by atoms with van der Waals surface area (Å²) in [5, 5.41) is 9.70. The Morgan fingerprint density at radius 2 is 2.06 bits per heavy atom. The van der Waals surface area contributed by atoms with Crippen molar-refractivity contribution in [2.45, 2.75) is 18.6 Å². The normalized spacial score (nSPS) is 25.9. The number of methoxy groups -OCH3 is 1. The molecule has 0 amide bonds. The Hall–Kier alpha value is -0.200. The molecule has 1 N–H and O–H groups in total. The highest BCUT2D eigenvalue weighted by Gasteiger charge is 2.30. The molecular formula is C12H26N2O3. The SMILES string of the molecule is COCCOCCN1CC(O)CC1CN(C)C. The van der Waals surface area contributed by atoms with Crippen molar-refractivity contribution in [3.8, 4) is 0 Å². The Morgan fingerprint density at radius 1 is 1.29 bits per heavy atom. The van der Waals surface area contributed by atoms with Gasteiger partial charge < -0.3 is 19.5 Å². The molecule has 0 aromatic heterocycles. The van der Waals surface area contributed by atoms with E-state index < -0.39 is 0 Å². The maximum atomic E-state index is 9.70. The van der Waals surface area contributed by atoms with Gasteiger partial charge in [-0.3, -0.25) is 4.90 Å². The van der Waals surface area contributed by atoms with Crippen LogP contribution in [0, 0.1) is 0 Å². The number of rotatable bonds is 8. The van der Waals surface area contributed by atoms with Crippen LogP contribution in [0.2, 0.25) is 0 Å². The zero-order chi connectivity index (χ0) is 12.7. The lowest BCUT2D eigenvalue weighted by Gasteiger charge is -2.26. The molecule has 5 heteroatoms. The maximum absolute atomic E-state index is 9.70. The summed E-state index contributed by atoms with van der Waals surface area (Å²) in [4.78, 5) is 4.49. The molecule has 1 rings (SSSR count). The van der Waals surface area contributed by atoms with E-state index in [4.69, 9.17) is 9.47 Å². The van der Waals surface area contributed by atoms with E-state index in [1.54, 1.807) is 7.11 Å². The largest absolute Gasteiger partial charge is 0.392 e. The minimum atomic E-state index is -0.182. The van der Waals surface area contributed by atoms with Crippen molar-refractivity contribution in [2.75, 3.05) is 60.7 Å². The van der Waals surface area contributed by atoms with Gasteiger partial charge in [0, 0.05) is 32.8 Å². The number of likely N-dealkylation sites (tertiary alicyclic amines) is 1. The lowest BCUT2D eigenvalue weighted by atomic mass is 10.2. The molecule has 0 aliphatic carbocycles. The van der Waals surface area contributed by atoms with E-state index in [1.165, 1.54) is 0 Å². The fourth-order valence-electron chi connectivity index (χ4n) is 2.27. The number of β-amino-alcohol motifs (C(OH)–C–C–N with tert-alkyl or cyclic N) is 1. The first kappa shape index (κ1) is 14.9. The molecule has 0 aromatic carbocycles. The fourth-order valence-corrected chi connectivity index (χ4v) is 2.27. The molecule has 1 aliphatic heterocycles. The Kier molecular flexibility index (Phi) is 6.99. The standard InChI is InChI=1S/C12H26N2O3/c1-13(2)9-11-8-12(15)10-14(11)4-5-17-7-6-16-3/h11-12,15H,4-10H2,1-3H3. The van der Waals surface area contributed by atoms with E-state index in [2.05, 4.69) is 23.9 Å². The van der Waals surface area contributed by atoms with Crippen LogP contribution in [-0.4, -0.2) is 87.7 Å². The van der Waals surface area contributed by atoms with Crippen LogP contribution in [0.15, 0.2) is 0 Å². The first-order valence-electron chi connectivity index (χ1n) is 6.27. The Bertz CT molecular complexity index is 202. The second kappa shape index (κ2) is 8.00. The third-order valence-corrected chi connectivity index (χ3v) is 3.04. The summed E-state index contributed by atoms with van der Waals surface area (Å²) < 4.78 is 10.4. The molecule has 17 heavy (non-hydrogen) atoms. The Labute approximate surface area is 104 Å². The van der Waals surface area contributed by atoms with E-state index in [1.807, 2.05) is 0 Å². The molecule has 0 saturated carbocycles. The van der Waals surface area contributed by atoms with Crippen LogP contribution in [0.1, 0.15) is 6.42 Å². The molecule has 0 spiro atoms. The monoisotopic (exact) mass is 246 g/mol. The van der Waals surface area contributed by atoms with Crippen LogP contribution < -0.4 is 0 Å². The second-order valence-corrected chi connectivity index (χ2v) is 4.91. The van der Waals surface area contributed by atoms with Crippen LogP contribution in [0.4, 0.5) is 0 Å². The Balaban J connectivity index is 2.20. The first-order chi connectivity index (χ1) is 8.13. The van der Waals surface area contributed by atoms with Crippen molar-refractivity contribution >= 4 is 0 Å². The molecule has 1 saturated heterocycles. The van der Waals surface area contributed by atoms with Crippen LogP contribution in [-0.2, 0) is 9.47 Å². The van der Waals surface area contributed by atoms with Gasteiger partial charge in [0.1, 0.15) is 0 Å². The summed E-state index contributed by atoms with van der Waals surface area (Å²) in [6, 6.07) is 0.450. The molecule has 102 valence electrons. The van der Waals surface area contributed by atoms with E-state index in [0.717, 1.165) is 26.1 Å². The van der Waals surface area contributed by atoms with Gasteiger partial charge >= 0.3 is 0 Å². The number of aliphatic hydroxyl groups is 1. The molecule has 1 heterocycles. The molecule has 0 aromatic rings. The maximum Gasteiger partial charge on any atom is 0.0700 e. The second-order valence-electron chi connectivity index (χ2n) is 4.91. The van der Waals surface area contributed by atoms with Gasteiger partial charge in [0.2, 0.25) is 0 Å². The van der Waals surface area contributed by atoms with Gasteiger partial charge in [-0.05, 0) is 20.5 Å². The van der Waals surface area contributed by atoms with Crippen molar-refractivity contribution in [3.63, 3.8) is 0 Å². The predicted octanol–water partition coefficient (Wildman–Crippen LogP) is -0.354. The van der Waals surface area contributed by atoms with E-state index in [0.29, 0.717) is 25.9 Å². The van der Waals surface area contributed by atoms with Gasteiger partial charge in [-0.15, -0.1) is 0 Å². The van der Waals surface area contributed by atoms with E-state index in [9.17, 15) is 5.11 Å². The fraction of sp³-hybridized carbons (Fsp3) is 1.00. The molecule has 0 radical (unpaired) electrons. The number of hydrogen-bond acceptors (Lipinski definition) is 5. The summed E-state index contributed by atoms with van der Waals surface area (Å²) >= 11 is 0. The quantitative estimate of drug-likeness (QED) is 0.593. The van der Waals surface area contributed by atoms with Crippen LogP contribution >= 0.6 is 0 Å².